The molecule has 0 aliphatic heterocycles. The van der Waals surface area contributed by atoms with Gasteiger partial charge in [0.15, 0.2) is 0 Å². The lowest BCUT2D eigenvalue weighted by molar-refractivity contribution is 0.193. The smallest absolute Gasteiger partial charge is 0.241 e. The number of unbranched alkanes of at least 4 members (excludes halogenated alkanes) is 1. The number of rotatable bonds is 7. The lowest BCUT2D eigenvalue weighted by atomic mass is 10.1. The fourth-order valence-electron chi connectivity index (χ4n) is 2.16. The summed E-state index contributed by atoms with van der Waals surface area (Å²) < 4.78 is 32.3. The summed E-state index contributed by atoms with van der Waals surface area (Å²) >= 11 is 0. The maximum atomic E-state index is 12.4. The SMILES string of the molecule is COCCCCNS(=O)(=O)c1cccc2cc(N)ccc12. The first kappa shape index (κ1) is 15.8. The minimum absolute atomic E-state index is 0.284. The van der Waals surface area contributed by atoms with Gasteiger partial charge in [0, 0.05) is 31.3 Å². The molecule has 3 N–H and O–H groups in total. The third-order valence-corrected chi connectivity index (χ3v) is 4.74. The summed E-state index contributed by atoms with van der Waals surface area (Å²) in [5, 5.41) is 1.49. The van der Waals surface area contributed by atoms with Gasteiger partial charge in [0.1, 0.15) is 0 Å². The van der Waals surface area contributed by atoms with E-state index in [9.17, 15) is 8.42 Å². The fraction of sp³-hybridized carbons (Fsp3) is 0.333. The van der Waals surface area contributed by atoms with Crippen LogP contribution >= 0.6 is 0 Å². The summed E-state index contributed by atoms with van der Waals surface area (Å²) in [4.78, 5) is 0.284. The quantitative estimate of drug-likeness (QED) is 0.606. The van der Waals surface area contributed by atoms with E-state index in [1.165, 1.54) is 0 Å². The summed E-state index contributed by atoms with van der Waals surface area (Å²) in [5.74, 6) is 0. The Morgan fingerprint density at radius 2 is 2.00 bits per heavy atom. The molecule has 0 bridgehead atoms. The van der Waals surface area contributed by atoms with Gasteiger partial charge in [-0.2, -0.15) is 0 Å². The van der Waals surface area contributed by atoms with Gasteiger partial charge in [0.05, 0.1) is 4.90 Å². The van der Waals surface area contributed by atoms with Gasteiger partial charge in [0.25, 0.3) is 0 Å². The van der Waals surface area contributed by atoms with Crippen LogP contribution in [0, 0.1) is 0 Å². The van der Waals surface area contributed by atoms with Crippen molar-refractivity contribution in [2.45, 2.75) is 17.7 Å². The molecule has 6 heteroatoms. The summed E-state index contributed by atoms with van der Waals surface area (Å²) in [7, 11) is -1.89. The number of fused-ring (bicyclic) bond motifs is 1. The Morgan fingerprint density at radius 3 is 2.76 bits per heavy atom. The number of hydrogen-bond acceptors (Lipinski definition) is 4. The molecule has 0 aliphatic carbocycles. The van der Waals surface area contributed by atoms with Crippen molar-refractivity contribution in [3.05, 3.63) is 36.4 Å². The van der Waals surface area contributed by atoms with Crippen molar-refractivity contribution in [3.63, 3.8) is 0 Å². The first-order chi connectivity index (χ1) is 10.0. The number of nitrogens with two attached hydrogens (primary N) is 1. The van der Waals surface area contributed by atoms with Crippen LogP contribution in [-0.2, 0) is 14.8 Å². The standard InChI is InChI=1S/C15H20N2O3S/c1-20-10-3-2-9-17-21(18,19)15-6-4-5-12-11-13(16)7-8-14(12)15/h4-8,11,17H,2-3,9-10,16H2,1H3. The fourth-order valence-corrected chi connectivity index (χ4v) is 3.46. The van der Waals surface area contributed by atoms with Crippen molar-refractivity contribution < 1.29 is 13.2 Å². The van der Waals surface area contributed by atoms with Gasteiger partial charge in [-0.3, -0.25) is 0 Å². The second kappa shape index (κ2) is 6.89. The highest BCUT2D eigenvalue weighted by Crippen LogP contribution is 2.24. The third-order valence-electron chi connectivity index (χ3n) is 3.22. The summed E-state index contributed by atoms with van der Waals surface area (Å²) in [6.45, 7) is 1.03. The Hall–Kier alpha value is -1.63. The highest BCUT2D eigenvalue weighted by Gasteiger charge is 2.16. The molecule has 0 heterocycles. The summed E-state index contributed by atoms with van der Waals surface area (Å²) in [6, 6.07) is 10.4. The Balaban J connectivity index is 2.20. The van der Waals surface area contributed by atoms with E-state index < -0.39 is 10.0 Å². The lowest BCUT2D eigenvalue weighted by Gasteiger charge is -2.10. The topological polar surface area (TPSA) is 81.4 Å². The van der Waals surface area contributed by atoms with E-state index in [4.69, 9.17) is 10.5 Å². The monoisotopic (exact) mass is 308 g/mol. The highest BCUT2D eigenvalue weighted by atomic mass is 32.2. The maximum absolute atomic E-state index is 12.4. The molecule has 0 spiro atoms. The van der Waals surface area contributed by atoms with Gasteiger partial charge in [-0.1, -0.05) is 18.2 Å². The predicted molar refractivity (Wildman–Crippen MR) is 84.7 cm³/mol. The molecule has 0 aliphatic rings. The van der Waals surface area contributed by atoms with Gasteiger partial charge < -0.3 is 10.5 Å². The second-order valence-corrected chi connectivity index (χ2v) is 6.57. The van der Waals surface area contributed by atoms with Gasteiger partial charge in [-0.25, -0.2) is 13.1 Å². The molecule has 0 radical (unpaired) electrons. The van der Waals surface area contributed by atoms with Gasteiger partial charge in [0.2, 0.25) is 10.0 Å². The van der Waals surface area contributed by atoms with Crippen LogP contribution in [-0.4, -0.2) is 28.7 Å². The Bertz CT molecular complexity index is 714. The zero-order valence-corrected chi connectivity index (χ0v) is 12.8. The number of nitrogens with one attached hydrogen (secondary N) is 1. The highest BCUT2D eigenvalue weighted by molar-refractivity contribution is 7.89. The van der Waals surface area contributed by atoms with Gasteiger partial charge >= 0.3 is 0 Å². The largest absolute Gasteiger partial charge is 0.399 e. The Kier molecular flexibility index (Phi) is 5.17. The third kappa shape index (κ3) is 3.93. The van der Waals surface area contributed by atoms with Crippen molar-refractivity contribution in [2.24, 2.45) is 0 Å². The minimum Gasteiger partial charge on any atom is -0.399 e. The molecule has 114 valence electrons. The number of hydrogen-bond donors (Lipinski definition) is 2. The van der Waals surface area contributed by atoms with Crippen LogP contribution in [0.1, 0.15) is 12.8 Å². The van der Waals surface area contributed by atoms with Crippen molar-refractivity contribution in [1.29, 1.82) is 0 Å². The van der Waals surface area contributed by atoms with Crippen LogP contribution in [0.2, 0.25) is 0 Å². The minimum atomic E-state index is -3.52. The number of anilines is 1. The average Bonchev–Trinajstić information content (AvgIpc) is 2.46. The van der Waals surface area contributed by atoms with E-state index in [-0.39, 0.29) is 4.90 Å². The maximum Gasteiger partial charge on any atom is 0.241 e. The van der Waals surface area contributed by atoms with E-state index in [0.29, 0.717) is 24.2 Å². The van der Waals surface area contributed by atoms with Crippen molar-refractivity contribution in [2.75, 3.05) is 26.0 Å². The zero-order valence-electron chi connectivity index (χ0n) is 12.0. The molecule has 2 aromatic rings. The molecular weight excluding hydrogens is 288 g/mol. The Labute approximate surface area is 125 Å². The summed E-state index contributed by atoms with van der Waals surface area (Å²) in [6.07, 6.45) is 1.57. The van der Waals surface area contributed by atoms with Gasteiger partial charge in [-0.15, -0.1) is 0 Å². The van der Waals surface area contributed by atoms with E-state index in [1.807, 2.05) is 6.07 Å². The number of sulfonamides is 1. The van der Waals surface area contributed by atoms with Crippen LogP contribution in [0.25, 0.3) is 10.8 Å². The van der Waals surface area contributed by atoms with Crippen LogP contribution in [0.4, 0.5) is 5.69 Å². The van der Waals surface area contributed by atoms with Crippen molar-refractivity contribution >= 4 is 26.5 Å². The van der Waals surface area contributed by atoms with Crippen molar-refractivity contribution in [3.8, 4) is 0 Å². The molecule has 0 atom stereocenters. The lowest BCUT2D eigenvalue weighted by Crippen LogP contribution is -2.25. The van der Waals surface area contributed by atoms with Gasteiger partial charge in [-0.05, 0) is 36.4 Å². The van der Waals surface area contributed by atoms with E-state index in [2.05, 4.69) is 4.72 Å². The number of ether oxygens (including phenoxy) is 1. The van der Waals surface area contributed by atoms with Crippen LogP contribution in [0.3, 0.4) is 0 Å². The normalized spacial score (nSPS) is 11.9. The molecule has 21 heavy (non-hydrogen) atoms. The molecule has 0 saturated heterocycles. The van der Waals surface area contributed by atoms with E-state index in [1.54, 1.807) is 37.4 Å². The van der Waals surface area contributed by atoms with Crippen LogP contribution in [0.15, 0.2) is 41.3 Å². The average molecular weight is 308 g/mol. The van der Waals surface area contributed by atoms with Crippen LogP contribution in [0.5, 0.6) is 0 Å². The first-order valence-corrected chi connectivity index (χ1v) is 8.30. The predicted octanol–water partition coefficient (Wildman–Crippen LogP) is 2.13. The molecule has 5 nitrogen and oxygen atoms in total. The summed E-state index contributed by atoms with van der Waals surface area (Å²) in [5.41, 5.74) is 6.35. The number of nitrogen functional groups attached to an aromatic ring is 1. The second-order valence-electron chi connectivity index (χ2n) is 4.83. The Morgan fingerprint density at radius 1 is 1.19 bits per heavy atom. The molecule has 2 rings (SSSR count). The molecule has 0 saturated carbocycles. The first-order valence-electron chi connectivity index (χ1n) is 6.81. The number of benzene rings is 2. The molecular formula is C15H20N2O3S. The molecule has 0 fully saturated rings. The van der Waals surface area contributed by atoms with Crippen LogP contribution < -0.4 is 10.5 Å². The molecule has 0 aromatic heterocycles. The molecule has 0 amide bonds. The number of methoxy groups -OCH3 is 1. The van der Waals surface area contributed by atoms with Crippen molar-refractivity contribution in [1.82, 2.24) is 4.72 Å². The zero-order chi connectivity index (χ0) is 15.3. The van der Waals surface area contributed by atoms with E-state index in [0.717, 1.165) is 18.2 Å². The molecule has 2 aromatic carbocycles. The van der Waals surface area contributed by atoms with E-state index >= 15 is 0 Å². The molecule has 0 unspecified atom stereocenters.